The predicted molar refractivity (Wildman–Crippen MR) is 71.3 cm³/mol. The first-order valence-corrected chi connectivity index (χ1v) is 6.96. The van der Waals surface area contributed by atoms with Gasteiger partial charge in [0.2, 0.25) is 0 Å². The van der Waals surface area contributed by atoms with Gasteiger partial charge in [-0.1, -0.05) is 0 Å². The molecule has 2 N–H and O–H groups in total. The van der Waals surface area contributed by atoms with E-state index in [1.165, 1.54) is 6.42 Å². The highest BCUT2D eigenvalue weighted by Crippen LogP contribution is 2.55. The maximum atomic E-state index is 12.4. The monoisotopic (exact) mass is 254 g/mol. The number of esters is 1. The summed E-state index contributed by atoms with van der Waals surface area (Å²) in [5, 5.41) is 6.48. The molecule has 1 spiro atoms. The molecule has 1 aliphatic heterocycles. The molecule has 2 aliphatic rings. The van der Waals surface area contributed by atoms with Crippen LogP contribution >= 0.6 is 0 Å². The lowest BCUT2D eigenvalue weighted by Gasteiger charge is -2.59. The van der Waals surface area contributed by atoms with Gasteiger partial charge in [0.05, 0.1) is 5.92 Å². The van der Waals surface area contributed by atoms with Gasteiger partial charge in [0.1, 0.15) is 5.60 Å². The molecule has 2 rings (SSSR count). The minimum Gasteiger partial charge on any atom is -0.460 e. The number of rotatable bonds is 4. The molecule has 0 aromatic heterocycles. The lowest BCUT2D eigenvalue weighted by Crippen LogP contribution is -2.68. The van der Waals surface area contributed by atoms with E-state index in [0.717, 1.165) is 26.1 Å². The van der Waals surface area contributed by atoms with Crippen LogP contribution in [-0.4, -0.2) is 38.3 Å². The van der Waals surface area contributed by atoms with E-state index in [1.54, 1.807) is 0 Å². The lowest BCUT2D eigenvalue weighted by atomic mass is 9.50. The van der Waals surface area contributed by atoms with Crippen LogP contribution in [0.15, 0.2) is 0 Å². The van der Waals surface area contributed by atoms with Gasteiger partial charge in [0.15, 0.2) is 0 Å². The van der Waals surface area contributed by atoms with Gasteiger partial charge < -0.3 is 15.4 Å². The van der Waals surface area contributed by atoms with Crippen molar-refractivity contribution < 1.29 is 9.53 Å². The maximum absolute atomic E-state index is 12.4. The van der Waals surface area contributed by atoms with Crippen molar-refractivity contribution in [2.45, 2.75) is 39.2 Å². The van der Waals surface area contributed by atoms with Gasteiger partial charge >= 0.3 is 5.97 Å². The Morgan fingerprint density at radius 3 is 2.56 bits per heavy atom. The number of carbonyl (C=O) groups is 1. The number of hydrogen-bond donors (Lipinski definition) is 2. The van der Waals surface area contributed by atoms with E-state index >= 15 is 0 Å². The molecule has 2 fully saturated rings. The molecular weight excluding hydrogens is 228 g/mol. The van der Waals surface area contributed by atoms with Crippen LogP contribution in [-0.2, 0) is 9.53 Å². The van der Waals surface area contributed by atoms with Crippen LogP contribution in [0, 0.1) is 17.3 Å². The van der Waals surface area contributed by atoms with Gasteiger partial charge in [-0.05, 0) is 53.1 Å². The van der Waals surface area contributed by atoms with Gasteiger partial charge in [-0.2, -0.15) is 0 Å². The van der Waals surface area contributed by atoms with E-state index in [0.29, 0.717) is 5.92 Å². The van der Waals surface area contributed by atoms with E-state index < -0.39 is 0 Å². The highest BCUT2D eigenvalue weighted by atomic mass is 16.6. The van der Waals surface area contributed by atoms with Crippen LogP contribution in [0.25, 0.3) is 0 Å². The van der Waals surface area contributed by atoms with E-state index in [4.69, 9.17) is 4.74 Å². The number of ether oxygens (including phenoxy) is 1. The first-order chi connectivity index (χ1) is 8.38. The van der Waals surface area contributed by atoms with Crippen molar-refractivity contribution in [2.75, 3.05) is 26.7 Å². The van der Waals surface area contributed by atoms with Crippen LogP contribution in [0.2, 0.25) is 0 Å². The molecule has 0 aromatic carbocycles. The highest BCUT2D eigenvalue weighted by Gasteiger charge is 2.60. The molecule has 0 amide bonds. The quantitative estimate of drug-likeness (QED) is 0.739. The largest absolute Gasteiger partial charge is 0.460 e. The molecule has 2 unspecified atom stereocenters. The molecule has 1 saturated carbocycles. The molecule has 104 valence electrons. The molecular formula is C14H26N2O2. The van der Waals surface area contributed by atoms with Crippen molar-refractivity contribution in [2.24, 2.45) is 17.3 Å². The van der Waals surface area contributed by atoms with Crippen molar-refractivity contribution in [3.05, 3.63) is 0 Å². The summed E-state index contributed by atoms with van der Waals surface area (Å²) in [6.45, 7) is 8.76. The fourth-order valence-corrected chi connectivity index (χ4v) is 3.32. The average Bonchev–Trinajstić information content (AvgIpc) is 2.10. The van der Waals surface area contributed by atoms with Crippen LogP contribution in [0.4, 0.5) is 0 Å². The molecule has 18 heavy (non-hydrogen) atoms. The van der Waals surface area contributed by atoms with E-state index in [-0.39, 0.29) is 22.9 Å². The highest BCUT2D eigenvalue weighted by molar-refractivity contribution is 5.76. The van der Waals surface area contributed by atoms with Gasteiger partial charge in [0, 0.05) is 18.5 Å². The van der Waals surface area contributed by atoms with Crippen molar-refractivity contribution in [1.29, 1.82) is 0 Å². The Morgan fingerprint density at radius 2 is 2.11 bits per heavy atom. The summed E-state index contributed by atoms with van der Waals surface area (Å²) in [6.07, 6.45) is 2.24. The standard InChI is InChI=1S/C14H26N2O2/c1-13(2,3)18-12(17)11-10(5-6-15-4)7-14(11)8-16-9-14/h10-11,15-16H,5-9H2,1-4H3. The van der Waals surface area contributed by atoms with Crippen LogP contribution in [0.1, 0.15) is 33.6 Å². The summed E-state index contributed by atoms with van der Waals surface area (Å²) in [7, 11) is 1.96. The van der Waals surface area contributed by atoms with Crippen LogP contribution < -0.4 is 10.6 Å². The van der Waals surface area contributed by atoms with Gasteiger partial charge in [-0.15, -0.1) is 0 Å². The first-order valence-electron chi connectivity index (χ1n) is 6.96. The van der Waals surface area contributed by atoms with Crippen molar-refractivity contribution in [3.63, 3.8) is 0 Å². The van der Waals surface area contributed by atoms with Gasteiger partial charge in [-0.3, -0.25) is 4.79 Å². The smallest absolute Gasteiger partial charge is 0.310 e. The van der Waals surface area contributed by atoms with Crippen LogP contribution in [0.5, 0.6) is 0 Å². The molecule has 1 saturated heterocycles. The molecule has 0 radical (unpaired) electrons. The molecule has 2 atom stereocenters. The fraction of sp³-hybridized carbons (Fsp3) is 0.929. The van der Waals surface area contributed by atoms with Crippen molar-refractivity contribution in [3.8, 4) is 0 Å². The van der Waals surface area contributed by atoms with Crippen LogP contribution in [0.3, 0.4) is 0 Å². The number of hydrogen-bond acceptors (Lipinski definition) is 4. The van der Waals surface area contributed by atoms with E-state index in [9.17, 15) is 4.79 Å². The van der Waals surface area contributed by atoms with E-state index in [1.807, 2.05) is 27.8 Å². The summed E-state index contributed by atoms with van der Waals surface area (Å²) < 4.78 is 5.60. The third-order valence-corrected chi connectivity index (χ3v) is 4.18. The Hall–Kier alpha value is -0.610. The summed E-state index contributed by atoms with van der Waals surface area (Å²) in [5.41, 5.74) is -0.167. The summed E-state index contributed by atoms with van der Waals surface area (Å²) in [5.74, 6) is 0.608. The minimum absolute atomic E-state index is 0.0105. The maximum Gasteiger partial charge on any atom is 0.310 e. The Labute approximate surface area is 110 Å². The SMILES string of the molecule is CNCCC1CC2(CNC2)C1C(=O)OC(C)(C)C. The van der Waals surface area contributed by atoms with Crippen molar-refractivity contribution >= 4 is 5.97 Å². The predicted octanol–water partition coefficient (Wildman–Crippen LogP) is 1.16. The molecule has 0 aromatic rings. The van der Waals surface area contributed by atoms with Gasteiger partial charge in [0.25, 0.3) is 0 Å². The molecule has 4 heteroatoms. The third kappa shape index (κ3) is 2.54. The third-order valence-electron chi connectivity index (χ3n) is 4.18. The summed E-state index contributed by atoms with van der Waals surface area (Å²) >= 11 is 0. The summed E-state index contributed by atoms with van der Waals surface area (Å²) in [4.78, 5) is 12.4. The molecule has 1 aliphatic carbocycles. The number of carbonyl (C=O) groups excluding carboxylic acids is 1. The summed E-state index contributed by atoms with van der Waals surface area (Å²) in [6, 6.07) is 0. The Morgan fingerprint density at radius 1 is 1.44 bits per heavy atom. The second kappa shape index (κ2) is 4.82. The Kier molecular flexibility index (Phi) is 3.70. The van der Waals surface area contributed by atoms with E-state index in [2.05, 4.69) is 10.6 Å². The second-order valence-corrected chi connectivity index (χ2v) is 6.83. The zero-order valence-electron chi connectivity index (χ0n) is 12.0. The zero-order chi connectivity index (χ0) is 13.4. The zero-order valence-corrected chi connectivity index (χ0v) is 12.0. The molecule has 0 bridgehead atoms. The lowest BCUT2D eigenvalue weighted by molar-refractivity contribution is -0.187. The van der Waals surface area contributed by atoms with Gasteiger partial charge in [-0.25, -0.2) is 0 Å². The first kappa shape index (κ1) is 13.8. The van der Waals surface area contributed by atoms with Crippen molar-refractivity contribution in [1.82, 2.24) is 10.6 Å². The molecule has 4 nitrogen and oxygen atoms in total. The average molecular weight is 254 g/mol. The Bertz CT molecular complexity index is 318. The number of nitrogens with one attached hydrogen (secondary N) is 2. The fourth-order valence-electron chi connectivity index (χ4n) is 3.32. The minimum atomic E-state index is -0.376. The Balaban J connectivity index is 1.98. The normalized spacial score (nSPS) is 29.6. The topological polar surface area (TPSA) is 50.4 Å². The second-order valence-electron chi connectivity index (χ2n) is 6.83. The molecule has 1 heterocycles.